The number of anilines is 1. The number of carbonyl (C=O) groups excluding carboxylic acids is 1. The number of hydrogen-bond donors (Lipinski definition) is 2. The molecule has 1 aromatic rings. The standard InChI is InChI=1S/C20H32N6O2.HI/c1-2-22-20(26-8-4-5-16(15-26)13-18(21)27)24-14-17-6-3-7-23-19(17)25-9-11-28-12-10-25;/h3,6-7,16H,2,4-5,8-15H2,1H3,(H2,21,27)(H,22,24);1H. The minimum atomic E-state index is -0.223. The Balaban J connectivity index is 0.00000300. The number of primary amides is 1. The van der Waals surface area contributed by atoms with E-state index in [-0.39, 0.29) is 29.9 Å². The number of morpholine rings is 1. The third-order valence-corrected chi connectivity index (χ3v) is 5.22. The van der Waals surface area contributed by atoms with Crippen molar-refractivity contribution in [3.63, 3.8) is 0 Å². The second-order valence-corrected chi connectivity index (χ2v) is 7.38. The molecule has 1 aromatic heterocycles. The Bertz CT molecular complexity index is 681. The number of likely N-dealkylation sites (tertiary alicyclic amines) is 1. The quantitative estimate of drug-likeness (QED) is 0.339. The molecule has 2 aliphatic rings. The van der Waals surface area contributed by atoms with E-state index in [1.165, 1.54) is 0 Å². The maximum absolute atomic E-state index is 11.3. The van der Waals surface area contributed by atoms with Crippen LogP contribution in [0.1, 0.15) is 31.7 Å². The first-order valence-corrected chi connectivity index (χ1v) is 10.3. The molecule has 1 unspecified atom stereocenters. The summed E-state index contributed by atoms with van der Waals surface area (Å²) >= 11 is 0. The molecule has 0 saturated carbocycles. The predicted molar refractivity (Wildman–Crippen MR) is 126 cm³/mol. The van der Waals surface area contributed by atoms with Crippen LogP contribution in [0.5, 0.6) is 0 Å². The summed E-state index contributed by atoms with van der Waals surface area (Å²) in [6, 6.07) is 4.06. The van der Waals surface area contributed by atoms with Crippen molar-refractivity contribution in [1.82, 2.24) is 15.2 Å². The number of ether oxygens (including phenoxy) is 1. The molecule has 3 heterocycles. The normalized spacial score (nSPS) is 20.2. The van der Waals surface area contributed by atoms with Gasteiger partial charge >= 0.3 is 0 Å². The second-order valence-electron chi connectivity index (χ2n) is 7.38. The van der Waals surface area contributed by atoms with Crippen molar-refractivity contribution in [2.75, 3.05) is 50.8 Å². The lowest BCUT2D eigenvalue weighted by Gasteiger charge is -2.34. The van der Waals surface area contributed by atoms with Crippen molar-refractivity contribution in [3.8, 4) is 0 Å². The summed E-state index contributed by atoms with van der Waals surface area (Å²) in [5.41, 5.74) is 6.52. The summed E-state index contributed by atoms with van der Waals surface area (Å²) < 4.78 is 5.46. The fraction of sp³-hybridized carbons (Fsp3) is 0.650. The van der Waals surface area contributed by atoms with E-state index in [0.717, 1.165) is 76.1 Å². The predicted octanol–water partition coefficient (Wildman–Crippen LogP) is 1.59. The summed E-state index contributed by atoms with van der Waals surface area (Å²) in [6.45, 7) is 8.39. The molecule has 3 N–H and O–H groups in total. The van der Waals surface area contributed by atoms with E-state index in [2.05, 4.69) is 33.1 Å². The topological polar surface area (TPSA) is 96.1 Å². The number of piperidine rings is 1. The number of rotatable bonds is 6. The molecule has 2 fully saturated rings. The Kier molecular flexibility index (Phi) is 9.92. The largest absolute Gasteiger partial charge is 0.378 e. The molecule has 3 rings (SSSR count). The van der Waals surface area contributed by atoms with Gasteiger partial charge < -0.3 is 25.6 Å². The maximum Gasteiger partial charge on any atom is 0.217 e. The first-order chi connectivity index (χ1) is 13.7. The average molecular weight is 516 g/mol. The number of pyridine rings is 1. The van der Waals surface area contributed by atoms with Gasteiger partial charge in [-0.05, 0) is 31.7 Å². The van der Waals surface area contributed by atoms with Crippen LogP contribution in [0, 0.1) is 5.92 Å². The number of guanidine groups is 1. The van der Waals surface area contributed by atoms with Gasteiger partial charge in [0.2, 0.25) is 5.91 Å². The van der Waals surface area contributed by atoms with Crippen LogP contribution in [0.4, 0.5) is 5.82 Å². The van der Waals surface area contributed by atoms with E-state index in [4.69, 9.17) is 15.5 Å². The molecule has 0 radical (unpaired) electrons. The molecule has 1 amide bonds. The molecule has 0 aliphatic carbocycles. The van der Waals surface area contributed by atoms with Crippen LogP contribution in [0.3, 0.4) is 0 Å². The van der Waals surface area contributed by atoms with Gasteiger partial charge in [0.15, 0.2) is 5.96 Å². The Morgan fingerprint density at radius 3 is 2.90 bits per heavy atom. The number of hydrogen-bond acceptors (Lipinski definition) is 5. The molecular weight excluding hydrogens is 483 g/mol. The molecule has 162 valence electrons. The van der Waals surface area contributed by atoms with E-state index in [1.54, 1.807) is 0 Å². The lowest BCUT2D eigenvalue weighted by atomic mass is 9.95. The van der Waals surface area contributed by atoms with Crippen molar-refractivity contribution in [1.29, 1.82) is 0 Å². The molecule has 2 saturated heterocycles. The molecule has 9 heteroatoms. The zero-order valence-electron chi connectivity index (χ0n) is 17.2. The molecular formula is C20H33IN6O2. The highest BCUT2D eigenvalue weighted by Crippen LogP contribution is 2.21. The van der Waals surface area contributed by atoms with Crippen LogP contribution in [0.25, 0.3) is 0 Å². The minimum Gasteiger partial charge on any atom is -0.378 e. The molecule has 29 heavy (non-hydrogen) atoms. The number of halogens is 1. The number of amides is 1. The Morgan fingerprint density at radius 1 is 1.38 bits per heavy atom. The van der Waals surface area contributed by atoms with Gasteiger partial charge in [-0.15, -0.1) is 24.0 Å². The molecule has 0 bridgehead atoms. The highest BCUT2D eigenvalue weighted by Gasteiger charge is 2.24. The molecule has 2 aliphatic heterocycles. The number of nitrogens with one attached hydrogen (secondary N) is 1. The van der Waals surface area contributed by atoms with E-state index in [0.29, 0.717) is 18.9 Å². The summed E-state index contributed by atoms with van der Waals surface area (Å²) in [5.74, 6) is 1.97. The first kappa shape index (κ1) is 23.7. The third-order valence-electron chi connectivity index (χ3n) is 5.22. The van der Waals surface area contributed by atoms with Crippen molar-refractivity contribution in [2.45, 2.75) is 32.7 Å². The lowest BCUT2D eigenvalue weighted by molar-refractivity contribution is -0.119. The Labute approximate surface area is 190 Å². The van der Waals surface area contributed by atoms with Crippen molar-refractivity contribution in [2.24, 2.45) is 16.6 Å². The highest BCUT2D eigenvalue weighted by molar-refractivity contribution is 14.0. The van der Waals surface area contributed by atoms with Gasteiger partial charge in [0.1, 0.15) is 5.82 Å². The summed E-state index contributed by atoms with van der Waals surface area (Å²) in [7, 11) is 0. The average Bonchev–Trinajstić information content (AvgIpc) is 2.72. The van der Waals surface area contributed by atoms with E-state index in [1.807, 2.05) is 12.3 Å². The monoisotopic (exact) mass is 516 g/mol. The van der Waals surface area contributed by atoms with Gasteiger partial charge in [0.05, 0.1) is 19.8 Å². The summed E-state index contributed by atoms with van der Waals surface area (Å²) in [6.07, 6.45) is 4.37. The fourth-order valence-electron chi connectivity index (χ4n) is 3.91. The van der Waals surface area contributed by atoms with Crippen LogP contribution in [-0.2, 0) is 16.1 Å². The summed E-state index contributed by atoms with van der Waals surface area (Å²) in [4.78, 5) is 25.3. The van der Waals surface area contributed by atoms with Crippen LogP contribution in [-0.4, -0.2) is 67.7 Å². The smallest absolute Gasteiger partial charge is 0.217 e. The number of aromatic nitrogens is 1. The highest BCUT2D eigenvalue weighted by atomic mass is 127. The first-order valence-electron chi connectivity index (χ1n) is 10.3. The zero-order chi connectivity index (χ0) is 19.8. The van der Waals surface area contributed by atoms with Gasteiger partial charge in [-0.2, -0.15) is 0 Å². The number of carbonyl (C=O) groups is 1. The van der Waals surface area contributed by atoms with Crippen LogP contribution < -0.4 is 16.0 Å². The SMILES string of the molecule is CCNC(=NCc1cccnc1N1CCOCC1)N1CCCC(CC(N)=O)C1.I. The fourth-order valence-corrected chi connectivity index (χ4v) is 3.91. The summed E-state index contributed by atoms with van der Waals surface area (Å²) in [5, 5.41) is 3.40. The van der Waals surface area contributed by atoms with Crippen LogP contribution in [0.2, 0.25) is 0 Å². The molecule has 8 nitrogen and oxygen atoms in total. The van der Waals surface area contributed by atoms with E-state index < -0.39 is 0 Å². The van der Waals surface area contributed by atoms with E-state index in [9.17, 15) is 4.79 Å². The third kappa shape index (κ3) is 6.98. The molecule has 0 aromatic carbocycles. The number of nitrogens with zero attached hydrogens (tertiary/aromatic N) is 4. The minimum absolute atomic E-state index is 0. The van der Waals surface area contributed by atoms with Crippen molar-refractivity contribution < 1.29 is 9.53 Å². The number of nitrogens with two attached hydrogens (primary N) is 1. The van der Waals surface area contributed by atoms with Gasteiger partial charge in [0.25, 0.3) is 0 Å². The maximum atomic E-state index is 11.3. The molecule has 0 spiro atoms. The van der Waals surface area contributed by atoms with Crippen LogP contribution >= 0.6 is 24.0 Å². The zero-order valence-corrected chi connectivity index (χ0v) is 19.5. The van der Waals surface area contributed by atoms with Gasteiger partial charge in [0, 0.05) is 50.9 Å². The van der Waals surface area contributed by atoms with Gasteiger partial charge in [-0.1, -0.05) is 6.07 Å². The van der Waals surface area contributed by atoms with Gasteiger partial charge in [-0.3, -0.25) is 4.79 Å². The Morgan fingerprint density at radius 2 is 2.17 bits per heavy atom. The second kappa shape index (κ2) is 12.2. The Hall–Kier alpha value is -1.62. The number of aliphatic imine (C=N–C) groups is 1. The van der Waals surface area contributed by atoms with Gasteiger partial charge in [-0.25, -0.2) is 9.98 Å². The van der Waals surface area contributed by atoms with Crippen LogP contribution in [0.15, 0.2) is 23.3 Å². The lowest BCUT2D eigenvalue weighted by Crippen LogP contribution is -2.47. The van der Waals surface area contributed by atoms with Crippen molar-refractivity contribution >= 4 is 41.7 Å². The molecule has 1 atom stereocenters. The van der Waals surface area contributed by atoms with Crippen molar-refractivity contribution in [3.05, 3.63) is 23.9 Å². The van der Waals surface area contributed by atoms with E-state index >= 15 is 0 Å².